The van der Waals surface area contributed by atoms with Gasteiger partial charge in [0.25, 0.3) is 5.91 Å². The molecule has 2 aromatic heterocycles. The molecule has 0 fully saturated rings. The lowest BCUT2D eigenvalue weighted by Crippen LogP contribution is -2.18. The number of amides is 1. The summed E-state index contributed by atoms with van der Waals surface area (Å²) in [5.74, 6) is -1.90. The van der Waals surface area contributed by atoms with E-state index in [0.717, 1.165) is 10.2 Å². The molecule has 3 aromatic rings. The topological polar surface area (TPSA) is 115 Å². The molecule has 1 amide bonds. The third kappa shape index (κ3) is 3.68. The zero-order chi connectivity index (χ0) is 18.8. The Morgan fingerprint density at radius 3 is 2.77 bits per heavy atom. The molecule has 134 valence electrons. The minimum Gasteiger partial charge on any atom is -0.477 e. The van der Waals surface area contributed by atoms with E-state index >= 15 is 0 Å². The van der Waals surface area contributed by atoms with Crippen LogP contribution in [0.3, 0.4) is 0 Å². The number of aromatic nitrogens is 5. The molecule has 2 heterocycles. The molecule has 1 aromatic carbocycles. The molecule has 11 heteroatoms. The molecule has 0 bridgehead atoms. The fraction of sp³-hybridized carbons (Fsp3) is 0.133. The number of anilines is 1. The van der Waals surface area contributed by atoms with Crippen LogP contribution in [0.4, 0.5) is 5.95 Å². The summed E-state index contributed by atoms with van der Waals surface area (Å²) in [6.07, 6.45) is 2.59. The second kappa shape index (κ2) is 7.14. The molecule has 2 N–H and O–H groups in total. The van der Waals surface area contributed by atoms with Crippen LogP contribution in [0.2, 0.25) is 10.0 Å². The summed E-state index contributed by atoms with van der Waals surface area (Å²) < 4.78 is 2.58. The number of rotatable bonds is 5. The van der Waals surface area contributed by atoms with Crippen molar-refractivity contribution >= 4 is 41.0 Å². The van der Waals surface area contributed by atoms with Gasteiger partial charge >= 0.3 is 5.97 Å². The Bertz CT molecular complexity index is 997. The van der Waals surface area contributed by atoms with Crippen LogP contribution in [0, 0.1) is 0 Å². The first kappa shape index (κ1) is 17.9. The number of carboxylic acid groups (broad SMARTS) is 1. The van der Waals surface area contributed by atoms with Crippen molar-refractivity contribution in [3.05, 3.63) is 57.6 Å². The normalized spacial score (nSPS) is 10.7. The molecule has 0 unspecified atom stereocenters. The van der Waals surface area contributed by atoms with Crippen molar-refractivity contribution in [1.82, 2.24) is 24.5 Å². The van der Waals surface area contributed by atoms with E-state index in [1.807, 2.05) is 0 Å². The summed E-state index contributed by atoms with van der Waals surface area (Å²) in [4.78, 5) is 27.5. The SMILES string of the molecule is Cn1ncc(C(=O)Nc2ncn(Cc3ccc(Cl)cc3Cl)n2)c1C(=O)O. The smallest absolute Gasteiger partial charge is 0.354 e. The number of nitrogens with zero attached hydrogens (tertiary/aromatic N) is 5. The Morgan fingerprint density at radius 1 is 1.31 bits per heavy atom. The molecule has 3 rings (SSSR count). The van der Waals surface area contributed by atoms with Crippen molar-refractivity contribution < 1.29 is 14.7 Å². The Morgan fingerprint density at radius 2 is 2.08 bits per heavy atom. The highest BCUT2D eigenvalue weighted by Gasteiger charge is 2.22. The van der Waals surface area contributed by atoms with Crippen LogP contribution in [-0.4, -0.2) is 41.5 Å². The summed E-state index contributed by atoms with van der Waals surface area (Å²) in [5, 5.41) is 20.5. The number of aryl methyl sites for hydroxylation is 1. The van der Waals surface area contributed by atoms with E-state index < -0.39 is 11.9 Å². The van der Waals surface area contributed by atoms with Gasteiger partial charge in [-0.15, -0.1) is 5.10 Å². The van der Waals surface area contributed by atoms with E-state index in [9.17, 15) is 9.59 Å². The number of halogens is 2. The van der Waals surface area contributed by atoms with Gasteiger partial charge in [0.1, 0.15) is 6.33 Å². The van der Waals surface area contributed by atoms with Crippen LogP contribution in [0.15, 0.2) is 30.7 Å². The van der Waals surface area contributed by atoms with Crippen LogP contribution >= 0.6 is 23.2 Å². The number of hydrogen-bond donors (Lipinski definition) is 2. The fourth-order valence-electron chi connectivity index (χ4n) is 2.28. The number of hydrogen-bond acceptors (Lipinski definition) is 5. The molecule has 26 heavy (non-hydrogen) atoms. The number of benzene rings is 1. The highest BCUT2D eigenvalue weighted by molar-refractivity contribution is 6.35. The Labute approximate surface area is 157 Å². The van der Waals surface area contributed by atoms with Crippen LogP contribution in [-0.2, 0) is 13.6 Å². The Balaban J connectivity index is 1.74. The second-order valence-electron chi connectivity index (χ2n) is 5.29. The zero-order valence-electron chi connectivity index (χ0n) is 13.3. The third-order valence-corrected chi connectivity index (χ3v) is 4.08. The Kier molecular flexibility index (Phi) is 4.92. The molecule has 9 nitrogen and oxygen atoms in total. The van der Waals surface area contributed by atoms with Crippen LogP contribution < -0.4 is 5.32 Å². The van der Waals surface area contributed by atoms with Gasteiger partial charge < -0.3 is 5.11 Å². The van der Waals surface area contributed by atoms with Crippen LogP contribution in [0.5, 0.6) is 0 Å². The van der Waals surface area contributed by atoms with E-state index in [1.165, 1.54) is 24.3 Å². The summed E-state index contributed by atoms with van der Waals surface area (Å²) in [5.41, 5.74) is 0.464. The quantitative estimate of drug-likeness (QED) is 0.685. The lowest BCUT2D eigenvalue weighted by molar-refractivity contribution is 0.0680. The molecule has 0 spiro atoms. The molecule has 0 saturated heterocycles. The summed E-state index contributed by atoms with van der Waals surface area (Å²) in [6, 6.07) is 5.09. The average molecular weight is 395 g/mol. The minimum atomic E-state index is -1.26. The lowest BCUT2D eigenvalue weighted by atomic mass is 10.2. The van der Waals surface area contributed by atoms with Gasteiger partial charge in [0.2, 0.25) is 5.95 Å². The molecule has 0 aliphatic rings. The predicted octanol–water partition coefficient (Wildman–Crippen LogP) is 2.32. The van der Waals surface area contributed by atoms with E-state index in [1.54, 1.807) is 18.2 Å². The first-order valence-electron chi connectivity index (χ1n) is 7.25. The van der Waals surface area contributed by atoms with Gasteiger partial charge in [-0.05, 0) is 17.7 Å². The first-order chi connectivity index (χ1) is 12.3. The van der Waals surface area contributed by atoms with Gasteiger partial charge in [-0.3, -0.25) is 14.8 Å². The van der Waals surface area contributed by atoms with Gasteiger partial charge in [0, 0.05) is 17.1 Å². The van der Waals surface area contributed by atoms with Crippen molar-refractivity contribution in [3.63, 3.8) is 0 Å². The third-order valence-electron chi connectivity index (χ3n) is 3.50. The van der Waals surface area contributed by atoms with Crippen molar-refractivity contribution in [2.24, 2.45) is 7.05 Å². The monoisotopic (exact) mass is 394 g/mol. The number of aromatic carboxylic acids is 1. The van der Waals surface area contributed by atoms with Gasteiger partial charge in [-0.1, -0.05) is 29.3 Å². The van der Waals surface area contributed by atoms with Gasteiger partial charge in [-0.2, -0.15) is 5.10 Å². The van der Waals surface area contributed by atoms with E-state index in [4.69, 9.17) is 28.3 Å². The molecule has 0 radical (unpaired) electrons. The van der Waals surface area contributed by atoms with Crippen LogP contribution in [0.1, 0.15) is 26.4 Å². The summed E-state index contributed by atoms with van der Waals surface area (Å²) in [6.45, 7) is 0.326. The standard InChI is InChI=1S/C15H12Cl2N6O3/c1-22-12(14(25)26)10(5-19-22)13(24)20-15-18-7-23(21-15)6-8-2-3-9(16)4-11(8)17/h2-5,7H,6H2,1H3,(H,25,26)(H,20,21,24). The minimum absolute atomic E-state index is 0.0280. The molecular weight excluding hydrogens is 383 g/mol. The van der Waals surface area contributed by atoms with Crippen molar-refractivity contribution in [2.45, 2.75) is 6.54 Å². The molecule has 0 saturated carbocycles. The summed E-state index contributed by atoms with van der Waals surface area (Å²) >= 11 is 12.0. The summed E-state index contributed by atoms with van der Waals surface area (Å²) in [7, 11) is 1.43. The number of nitrogens with one attached hydrogen (secondary N) is 1. The lowest BCUT2D eigenvalue weighted by Gasteiger charge is -2.04. The van der Waals surface area contributed by atoms with Crippen molar-refractivity contribution in [2.75, 3.05) is 5.32 Å². The van der Waals surface area contributed by atoms with Gasteiger partial charge in [0.15, 0.2) is 5.69 Å². The maximum atomic E-state index is 12.3. The first-order valence-corrected chi connectivity index (χ1v) is 8.00. The van der Waals surface area contributed by atoms with E-state index in [2.05, 4.69) is 20.5 Å². The molecule has 0 atom stereocenters. The number of carbonyl (C=O) groups is 2. The number of carbonyl (C=O) groups excluding carboxylic acids is 1. The van der Waals surface area contributed by atoms with Gasteiger partial charge in [-0.25, -0.2) is 14.5 Å². The van der Waals surface area contributed by atoms with Crippen LogP contribution in [0.25, 0.3) is 0 Å². The van der Waals surface area contributed by atoms with Gasteiger partial charge in [0.05, 0.1) is 18.3 Å². The fourth-order valence-corrected chi connectivity index (χ4v) is 2.75. The van der Waals surface area contributed by atoms with E-state index in [0.29, 0.717) is 16.6 Å². The maximum Gasteiger partial charge on any atom is 0.354 e. The number of carboxylic acids is 1. The largest absolute Gasteiger partial charge is 0.477 e. The highest BCUT2D eigenvalue weighted by Crippen LogP contribution is 2.21. The second-order valence-corrected chi connectivity index (χ2v) is 6.13. The Hall–Kier alpha value is -2.91. The molecular formula is C15H12Cl2N6O3. The van der Waals surface area contributed by atoms with Crippen molar-refractivity contribution in [1.29, 1.82) is 0 Å². The van der Waals surface area contributed by atoms with Crippen molar-refractivity contribution in [3.8, 4) is 0 Å². The molecule has 0 aliphatic carbocycles. The predicted molar refractivity (Wildman–Crippen MR) is 93.7 cm³/mol. The van der Waals surface area contributed by atoms with E-state index in [-0.39, 0.29) is 17.2 Å². The maximum absolute atomic E-state index is 12.3. The zero-order valence-corrected chi connectivity index (χ0v) is 14.9. The average Bonchev–Trinajstić information content (AvgIpc) is 3.16. The molecule has 0 aliphatic heterocycles. The highest BCUT2D eigenvalue weighted by atomic mass is 35.5.